The SMILES string of the molecule is C[C@@H](Oc1cccc(Cl)c1)C(=O)NCCn1cnnc1C1CC1. The van der Waals surface area contributed by atoms with Gasteiger partial charge >= 0.3 is 0 Å². The summed E-state index contributed by atoms with van der Waals surface area (Å²) in [6.07, 6.45) is 3.48. The molecule has 1 atom stereocenters. The number of rotatable bonds is 7. The van der Waals surface area contributed by atoms with Gasteiger partial charge in [-0.3, -0.25) is 4.79 Å². The first-order chi connectivity index (χ1) is 11.1. The van der Waals surface area contributed by atoms with Gasteiger partial charge in [0.25, 0.3) is 5.91 Å². The molecule has 1 saturated carbocycles. The number of hydrogen-bond acceptors (Lipinski definition) is 4. The van der Waals surface area contributed by atoms with Crippen molar-refractivity contribution in [2.45, 2.75) is 38.3 Å². The molecular formula is C16H19ClN4O2. The molecule has 0 aliphatic heterocycles. The fraction of sp³-hybridized carbons (Fsp3) is 0.438. The lowest BCUT2D eigenvalue weighted by atomic mass is 10.3. The molecular weight excluding hydrogens is 316 g/mol. The zero-order valence-corrected chi connectivity index (χ0v) is 13.7. The molecule has 3 rings (SSSR count). The van der Waals surface area contributed by atoms with Gasteiger partial charge in [-0.2, -0.15) is 0 Å². The Kier molecular flexibility index (Phi) is 4.81. The average Bonchev–Trinajstić information content (AvgIpc) is 3.26. The largest absolute Gasteiger partial charge is 0.481 e. The van der Waals surface area contributed by atoms with E-state index < -0.39 is 6.10 Å². The Hall–Kier alpha value is -2.08. The number of amides is 1. The van der Waals surface area contributed by atoms with Crippen LogP contribution in [-0.2, 0) is 11.3 Å². The van der Waals surface area contributed by atoms with Gasteiger partial charge < -0.3 is 14.6 Å². The van der Waals surface area contributed by atoms with E-state index in [0.29, 0.717) is 29.8 Å². The summed E-state index contributed by atoms with van der Waals surface area (Å²) in [4.78, 5) is 12.1. The summed E-state index contributed by atoms with van der Waals surface area (Å²) in [6, 6.07) is 7.00. The molecule has 1 fully saturated rings. The summed E-state index contributed by atoms with van der Waals surface area (Å²) >= 11 is 5.90. The maximum Gasteiger partial charge on any atom is 0.260 e. The van der Waals surface area contributed by atoms with Crippen molar-refractivity contribution in [3.63, 3.8) is 0 Å². The zero-order valence-electron chi connectivity index (χ0n) is 12.9. The number of carbonyl (C=O) groups excluding carboxylic acids is 1. The highest BCUT2D eigenvalue weighted by Gasteiger charge is 2.28. The van der Waals surface area contributed by atoms with Crippen LogP contribution in [0.2, 0.25) is 5.02 Å². The number of aromatic nitrogens is 3. The summed E-state index contributed by atoms with van der Waals surface area (Å²) in [5.74, 6) is 1.97. The highest BCUT2D eigenvalue weighted by atomic mass is 35.5. The van der Waals surface area contributed by atoms with E-state index in [2.05, 4.69) is 15.5 Å². The van der Waals surface area contributed by atoms with E-state index in [1.165, 1.54) is 12.8 Å². The molecule has 1 N–H and O–H groups in total. The van der Waals surface area contributed by atoms with Crippen LogP contribution < -0.4 is 10.1 Å². The Morgan fingerprint density at radius 3 is 3.09 bits per heavy atom. The Bertz CT molecular complexity index is 684. The van der Waals surface area contributed by atoms with E-state index in [-0.39, 0.29) is 5.91 Å². The van der Waals surface area contributed by atoms with Crippen LogP contribution in [0.15, 0.2) is 30.6 Å². The quantitative estimate of drug-likeness (QED) is 0.844. The van der Waals surface area contributed by atoms with Crippen molar-refractivity contribution in [3.05, 3.63) is 41.4 Å². The van der Waals surface area contributed by atoms with Crippen LogP contribution in [-0.4, -0.2) is 33.3 Å². The molecule has 1 aliphatic rings. The zero-order chi connectivity index (χ0) is 16.2. The number of benzene rings is 1. The van der Waals surface area contributed by atoms with E-state index in [9.17, 15) is 4.79 Å². The van der Waals surface area contributed by atoms with Gasteiger partial charge in [-0.25, -0.2) is 0 Å². The van der Waals surface area contributed by atoms with Crippen molar-refractivity contribution >= 4 is 17.5 Å². The van der Waals surface area contributed by atoms with Gasteiger partial charge in [-0.15, -0.1) is 10.2 Å². The molecule has 7 heteroatoms. The molecule has 1 aromatic carbocycles. The van der Waals surface area contributed by atoms with Gasteiger partial charge in [0.05, 0.1) is 0 Å². The number of carbonyl (C=O) groups is 1. The van der Waals surface area contributed by atoms with Crippen molar-refractivity contribution in [2.24, 2.45) is 0 Å². The lowest BCUT2D eigenvalue weighted by molar-refractivity contribution is -0.127. The normalized spacial score (nSPS) is 15.2. The van der Waals surface area contributed by atoms with E-state index in [1.807, 2.05) is 4.57 Å². The summed E-state index contributed by atoms with van der Waals surface area (Å²) in [5, 5.41) is 11.5. The van der Waals surface area contributed by atoms with Crippen LogP contribution in [0.1, 0.15) is 31.5 Å². The summed E-state index contributed by atoms with van der Waals surface area (Å²) in [5.41, 5.74) is 0. The van der Waals surface area contributed by atoms with Crippen molar-refractivity contribution in [3.8, 4) is 5.75 Å². The number of hydrogen-bond donors (Lipinski definition) is 1. The second-order valence-electron chi connectivity index (χ2n) is 5.67. The van der Waals surface area contributed by atoms with Crippen LogP contribution in [0, 0.1) is 0 Å². The number of halogens is 1. The average molecular weight is 335 g/mol. The third-order valence-corrected chi connectivity index (χ3v) is 3.95. The van der Waals surface area contributed by atoms with E-state index in [0.717, 1.165) is 5.82 Å². The number of ether oxygens (including phenoxy) is 1. The molecule has 0 bridgehead atoms. The molecule has 122 valence electrons. The van der Waals surface area contributed by atoms with E-state index in [1.54, 1.807) is 37.5 Å². The van der Waals surface area contributed by atoms with Crippen molar-refractivity contribution in [1.29, 1.82) is 0 Å². The fourth-order valence-corrected chi connectivity index (χ4v) is 2.52. The number of nitrogens with one attached hydrogen (secondary N) is 1. The first-order valence-corrected chi connectivity index (χ1v) is 8.09. The summed E-state index contributed by atoms with van der Waals surface area (Å²) < 4.78 is 7.59. The lowest BCUT2D eigenvalue weighted by Gasteiger charge is -2.15. The fourth-order valence-electron chi connectivity index (χ4n) is 2.34. The lowest BCUT2D eigenvalue weighted by Crippen LogP contribution is -2.38. The monoisotopic (exact) mass is 334 g/mol. The second-order valence-corrected chi connectivity index (χ2v) is 6.10. The van der Waals surface area contributed by atoms with Crippen molar-refractivity contribution < 1.29 is 9.53 Å². The van der Waals surface area contributed by atoms with E-state index in [4.69, 9.17) is 16.3 Å². The second kappa shape index (κ2) is 7.00. The molecule has 1 aliphatic carbocycles. The Morgan fingerprint density at radius 2 is 2.35 bits per heavy atom. The Labute approximate surface area is 139 Å². The van der Waals surface area contributed by atoms with Crippen LogP contribution in [0.25, 0.3) is 0 Å². The highest BCUT2D eigenvalue weighted by Crippen LogP contribution is 2.38. The Balaban J connectivity index is 1.46. The van der Waals surface area contributed by atoms with Gasteiger partial charge in [0.15, 0.2) is 6.10 Å². The van der Waals surface area contributed by atoms with Crippen LogP contribution in [0.4, 0.5) is 0 Å². The predicted molar refractivity (Wildman–Crippen MR) is 86.5 cm³/mol. The predicted octanol–water partition coefficient (Wildman–Crippen LogP) is 2.39. The molecule has 0 unspecified atom stereocenters. The standard InChI is InChI=1S/C16H19ClN4O2/c1-11(23-14-4-2-3-13(17)9-14)16(22)18-7-8-21-10-19-20-15(21)12-5-6-12/h2-4,9-12H,5-8H2,1H3,(H,18,22)/t11-/m1/s1. The minimum absolute atomic E-state index is 0.161. The van der Waals surface area contributed by atoms with Gasteiger partial charge in [0.1, 0.15) is 17.9 Å². The molecule has 1 aromatic heterocycles. The molecule has 2 aromatic rings. The third-order valence-electron chi connectivity index (χ3n) is 3.72. The molecule has 1 heterocycles. The maximum atomic E-state index is 12.1. The van der Waals surface area contributed by atoms with Crippen LogP contribution >= 0.6 is 11.6 Å². The van der Waals surface area contributed by atoms with Gasteiger partial charge in [-0.05, 0) is 38.0 Å². The van der Waals surface area contributed by atoms with Gasteiger partial charge in [0, 0.05) is 24.0 Å². The van der Waals surface area contributed by atoms with Crippen LogP contribution in [0.5, 0.6) is 5.75 Å². The van der Waals surface area contributed by atoms with Gasteiger partial charge in [-0.1, -0.05) is 17.7 Å². The first-order valence-electron chi connectivity index (χ1n) is 7.71. The minimum Gasteiger partial charge on any atom is -0.481 e. The first kappa shape index (κ1) is 15.8. The van der Waals surface area contributed by atoms with Crippen LogP contribution in [0.3, 0.4) is 0 Å². The molecule has 6 nitrogen and oxygen atoms in total. The van der Waals surface area contributed by atoms with Gasteiger partial charge in [0.2, 0.25) is 0 Å². The minimum atomic E-state index is -0.586. The molecule has 0 radical (unpaired) electrons. The topological polar surface area (TPSA) is 69.0 Å². The molecule has 0 spiro atoms. The van der Waals surface area contributed by atoms with Crippen molar-refractivity contribution in [1.82, 2.24) is 20.1 Å². The van der Waals surface area contributed by atoms with E-state index >= 15 is 0 Å². The summed E-state index contributed by atoms with van der Waals surface area (Å²) in [6.45, 7) is 2.89. The third kappa shape index (κ3) is 4.22. The maximum absolute atomic E-state index is 12.1. The summed E-state index contributed by atoms with van der Waals surface area (Å²) in [7, 11) is 0. The molecule has 23 heavy (non-hydrogen) atoms. The Morgan fingerprint density at radius 1 is 1.52 bits per heavy atom. The molecule has 0 saturated heterocycles. The van der Waals surface area contributed by atoms with Crippen molar-refractivity contribution in [2.75, 3.05) is 6.54 Å². The smallest absolute Gasteiger partial charge is 0.260 e. The highest BCUT2D eigenvalue weighted by molar-refractivity contribution is 6.30. The molecule has 1 amide bonds. The number of nitrogens with zero attached hydrogens (tertiary/aromatic N) is 3.